The number of aryl methyl sites for hydroxylation is 2. The molecule has 0 aliphatic heterocycles. The first kappa shape index (κ1) is 18.0. The molecule has 0 saturated carbocycles. The van der Waals surface area contributed by atoms with Crippen molar-refractivity contribution in [1.82, 2.24) is 34.7 Å². The van der Waals surface area contributed by atoms with E-state index in [1.807, 2.05) is 38.6 Å². The monoisotopic (exact) mass is 425 g/mol. The number of fused-ring (bicyclic) bond motifs is 2. The first-order chi connectivity index (χ1) is 15.1. The Hall–Kier alpha value is -3.78. The van der Waals surface area contributed by atoms with Gasteiger partial charge in [-0.05, 0) is 44.2 Å². The predicted octanol–water partition coefficient (Wildman–Crippen LogP) is 5.25. The first-order valence-electron chi connectivity index (χ1n) is 9.96. The molecule has 0 amide bonds. The quantitative estimate of drug-likeness (QED) is 0.405. The van der Waals surface area contributed by atoms with E-state index in [0.29, 0.717) is 5.65 Å². The molecule has 0 radical (unpaired) electrons. The number of pyridine rings is 2. The molecule has 7 nitrogen and oxygen atoms in total. The molecule has 152 valence electrons. The molecule has 0 fully saturated rings. The third-order valence-electron chi connectivity index (χ3n) is 5.72. The third-order valence-corrected chi connectivity index (χ3v) is 6.72. The van der Waals surface area contributed by atoms with E-state index in [0.717, 1.165) is 50.5 Å². The fourth-order valence-electron chi connectivity index (χ4n) is 3.96. The van der Waals surface area contributed by atoms with Crippen LogP contribution in [0.3, 0.4) is 0 Å². The van der Waals surface area contributed by atoms with Gasteiger partial charge in [0.15, 0.2) is 5.65 Å². The Morgan fingerprint density at radius 2 is 1.87 bits per heavy atom. The van der Waals surface area contributed by atoms with E-state index < -0.39 is 0 Å². The summed E-state index contributed by atoms with van der Waals surface area (Å²) in [6.45, 7) is 4.10. The van der Waals surface area contributed by atoms with Crippen molar-refractivity contribution in [2.45, 2.75) is 13.8 Å². The second-order valence-corrected chi connectivity index (χ2v) is 8.95. The average Bonchev–Trinajstić information content (AvgIpc) is 3.54. The van der Waals surface area contributed by atoms with Gasteiger partial charge in [-0.1, -0.05) is 0 Å². The Morgan fingerprint density at radius 1 is 0.968 bits per heavy atom. The second-order valence-electron chi connectivity index (χ2n) is 7.66. The van der Waals surface area contributed by atoms with Crippen LogP contribution < -0.4 is 0 Å². The van der Waals surface area contributed by atoms with Crippen LogP contribution in [0.15, 0.2) is 48.9 Å². The van der Waals surface area contributed by atoms with Crippen LogP contribution in [0.5, 0.6) is 0 Å². The van der Waals surface area contributed by atoms with Crippen molar-refractivity contribution in [2.24, 2.45) is 7.05 Å². The molecule has 0 aliphatic rings. The van der Waals surface area contributed by atoms with Crippen molar-refractivity contribution >= 4 is 33.3 Å². The van der Waals surface area contributed by atoms with Crippen LogP contribution in [-0.2, 0) is 7.05 Å². The van der Waals surface area contributed by atoms with Gasteiger partial charge in [0.05, 0.1) is 33.8 Å². The molecular formula is C23H19N7S. The lowest BCUT2D eigenvalue weighted by Crippen LogP contribution is -1.94. The summed E-state index contributed by atoms with van der Waals surface area (Å²) in [6.07, 6.45) is 5.57. The average molecular weight is 426 g/mol. The number of rotatable bonds is 3. The molecule has 31 heavy (non-hydrogen) atoms. The maximum atomic E-state index is 4.66. The van der Waals surface area contributed by atoms with E-state index >= 15 is 0 Å². The minimum Gasteiger partial charge on any atom is -0.353 e. The van der Waals surface area contributed by atoms with E-state index in [1.165, 1.54) is 9.75 Å². The highest BCUT2D eigenvalue weighted by Gasteiger charge is 2.16. The largest absolute Gasteiger partial charge is 0.353 e. The molecule has 6 aromatic heterocycles. The second kappa shape index (κ2) is 6.61. The van der Waals surface area contributed by atoms with Crippen molar-refractivity contribution in [1.29, 1.82) is 0 Å². The third kappa shape index (κ3) is 2.79. The van der Waals surface area contributed by atoms with Crippen LogP contribution in [0.4, 0.5) is 0 Å². The van der Waals surface area contributed by atoms with Gasteiger partial charge in [0.1, 0.15) is 5.82 Å². The van der Waals surface area contributed by atoms with Crippen molar-refractivity contribution in [3.8, 4) is 33.2 Å². The summed E-state index contributed by atoms with van der Waals surface area (Å²) < 4.78 is 2.06. The summed E-state index contributed by atoms with van der Waals surface area (Å²) in [5.41, 5.74) is 6.61. The molecule has 6 aromatic rings. The molecule has 0 bridgehead atoms. The van der Waals surface area contributed by atoms with Gasteiger partial charge >= 0.3 is 0 Å². The molecule has 8 heteroatoms. The zero-order valence-electron chi connectivity index (χ0n) is 17.3. The van der Waals surface area contributed by atoms with Crippen LogP contribution in [0, 0.1) is 13.8 Å². The lowest BCUT2D eigenvalue weighted by Gasteiger charge is -2.04. The fourth-order valence-corrected chi connectivity index (χ4v) is 4.84. The lowest BCUT2D eigenvalue weighted by molar-refractivity contribution is 0.865. The molecular weight excluding hydrogens is 406 g/mol. The van der Waals surface area contributed by atoms with Crippen molar-refractivity contribution in [3.63, 3.8) is 0 Å². The highest BCUT2D eigenvalue weighted by molar-refractivity contribution is 7.15. The molecule has 0 saturated heterocycles. The Bertz CT molecular complexity index is 1580. The number of aromatic nitrogens is 7. The molecule has 6 heterocycles. The smallest absolute Gasteiger partial charge is 0.181 e. The van der Waals surface area contributed by atoms with E-state index in [-0.39, 0.29) is 0 Å². The number of nitrogens with one attached hydrogen (secondary N) is 2. The van der Waals surface area contributed by atoms with Gasteiger partial charge in [-0.25, -0.2) is 9.97 Å². The van der Waals surface area contributed by atoms with Gasteiger partial charge in [-0.15, -0.1) is 11.3 Å². The summed E-state index contributed by atoms with van der Waals surface area (Å²) in [4.78, 5) is 19.6. The molecule has 2 N–H and O–H groups in total. The first-order valence-corrected chi connectivity index (χ1v) is 10.8. The molecule has 0 aromatic carbocycles. The summed E-state index contributed by atoms with van der Waals surface area (Å²) >= 11 is 1.75. The number of H-pyrrole nitrogens is 2. The van der Waals surface area contributed by atoms with Crippen LogP contribution in [0.1, 0.15) is 10.7 Å². The number of hydrogen-bond donors (Lipinski definition) is 2. The SMILES string of the molecule is Cc1ccc(-c2nccc3[nH]c(-c4[nH]nc5ncc(-c6cnc(C)n6C)cc45)cc23)s1. The fraction of sp³-hybridized carbons (Fsp3) is 0.130. The number of aromatic amines is 2. The molecule has 0 spiro atoms. The minimum atomic E-state index is 0.684. The van der Waals surface area contributed by atoms with Gasteiger partial charge in [-0.3, -0.25) is 10.1 Å². The van der Waals surface area contributed by atoms with E-state index in [9.17, 15) is 0 Å². The summed E-state index contributed by atoms with van der Waals surface area (Å²) in [5, 5.41) is 9.64. The molecule has 0 unspecified atom stereocenters. The van der Waals surface area contributed by atoms with E-state index in [2.05, 4.69) is 65.9 Å². The predicted molar refractivity (Wildman–Crippen MR) is 124 cm³/mol. The van der Waals surface area contributed by atoms with Crippen molar-refractivity contribution in [3.05, 3.63) is 59.6 Å². The van der Waals surface area contributed by atoms with Crippen molar-refractivity contribution < 1.29 is 0 Å². The Labute approximate surface area is 181 Å². The maximum absolute atomic E-state index is 4.66. The topological polar surface area (TPSA) is 88.1 Å². The van der Waals surface area contributed by atoms with Gasteiger partial charge in [0.2, 0.25) is 0 Å². The Balaban J connectivity index is 1.52. The van der Waals surface area contributed by atoms with Gasteiger partial charge in [0.25, 0.3) is 0 Å². The number of imidazole rings is 1. The summed E-state index contributed by atoms with van der Waals surface area (Å²) in [7, 11) is 2.01. The van der Waals surface area contributed by atoms with Gasteiger partial charge < -0.3 is 9.55 Å². The van der Waals surface area contributed by atoms with Crippen molar-refractivity contribution in [2.75, 3.05) is 0 Å². The number of hydrogen-bond acceptors (Lipinski definition) is 5. The van der Waals surface area contributed by atoms with Gasteiger partial charge in [-0.2, -0.15) is 5.10 Å². The highest BCUT2D eigenvalue weighted by atomic mass is 32.1. The van der Waals surface area contributed by atoms with E-state index in [1.54, 1.807) is 11.3 Å². The van der Waals surface area contributed by atoms with Crippen LogP contribution >= 0.6 is 11.3 Å². The number of thiophene rings is 1. The van der Waals surface area contributed by atoms with E-state index in [4.69, 9.17) is 0 Å². The summed E-state index contributed by atoms with van der Waals surface area (Å²) in [6, 6.07) is 10.5. The zero-order valence-corrected chi connectivity index (χ0v) is 18.1. The van der Waals surface area contributed by atoms with Crippen LogP contribution in [-0.4, -0.2) is 34.7 Å². The van der Waals surface area contributed by atoms with Crippen LogP contribution in [0.25, 0.3) is 55.2 Å². The number of nitrogens with zero attached hydrogens (tertiary/aromatic N) is 5. The highest BCUT2D eigenvalue weighted by Crippen LogP contribution is 2.35. The maximum Gasteiger partial charge on any atom is 0.181 e. The Kier molecular flexibility index (Phi) is 3.85. The molecule has 0 aliphatic carbocycles. The lowest BCUT2D eigenvalue weighted by atomic mass is 10.1. The minimum absolute atomic E-state index is 0.684. The normalized spacial score (nSPS) is 11.7. The molecule has 0 atom stereocenters. The van der Waals surface area contributed by atoms with Gasteiger partial charge in [0, 0.05) is 46.2 Å². The molecule has 6 rings (SSSR count). The Morgan fingerprint density at radius 3 is 2.65 bits per heavy atom. The zero-order chi connectivity index (χ0) is 21.1. The summed E-state index contributed by atoms with van der Waals surface area (Å²) in [5.74, 6) is 0.960. The standard InChI is InChI=1S/C23H19N7S/c1-12-4-5-20(31-12)22-15-9-18(27-17(15)6-7-24-22)21-16-8-14(10-26-23(16)29-28-21)19-11-25-13(2)30(19)3/h4-11,27H,1-3H3,(H,26,28,29). The van der Waals surface area contributed by atoms with Crippen LogP contribution in [0.2, 0.25) is 0 Å².